The molecular weight excluding hydrogens is 391 g/mol. The maximum Gasteiger partial charge on any atom is 0.249 e. The van der Waals surface area contributed by atoms with Gasteiger partial charge in [0.15, 0.2) is 0 Å². The van der Waals surface area contributed by atoms with E-state index in [4.69, 9.17) is 4.74 Å². The molecule has 1 aromatic carbocycles. The fourth-order valence-corrected chi connectivity index (χ4v) is 3.88. The SMILES string of the molecule is COCC(=O)N(CC(=O)N(Cc1ccc(F)cc1)Cc1sccc1C)CC(C)C. The van der Waals surface area contributed by atoms with Crippen LogP contribution in [0, 0.1) is 18.7 Å². The Kier molecular flexibility index (Phi) is 8.79. The number of rotatable bonds is 10. The number of methoxy groups -OCH3 is 1. The van der Waals surface area contributed by atoms with Crippen LogP contribution in [0.1, 0.15) is 29.9 Å². The molecule has 7 heteroatoms. The molecule has 29 heavy (non-hydrogen) atoms. The summed E-state index contributed by atoms with van der Waals surface area (Å²) in [4.78, 5) is 29.9. The van der Waals surface area contributed by atoms with E-state index < -0.39 is 0 Å². The van der Waals surface area contributed by atoms with Crippen LogP contribution in [0.3, 0.4) is 0 Å². The minimum atomic E-state index is -0.311. The van der Waals surface area contributed by atoms with Gasteiger partial charge >= 0.3 is 0 Å². The van der Waals surface area contributed by atoms with E-state index in [1.807, 2.05) is 32.2 Å². The predicted molar refractivity (Wildman–Crippen MR) is 113 cm³/mol. The highest BCUT2D eigenvalue weighted by Gasteiger charge is 2.23. The van der Waals surface area contributed by atoms with Gasteiger partial charge in [-0.25, -0.2) is 4.39 Å². The molecule has 2 rings (SSSR count). The summed E-state index contributed by atoms with van der Waals surface area (Å²) in [5, 5.41) is 2.00. The smallest absolute Gasteiger partial charge is 0.249 e. The third-order valence-corrected chi connectivity index (χ3v) is 5.48. The molecule has 0 radical (unpaired) electrons. The lowest BCUT2D eigenvalue weighted by atomic mass is 10.2. The van der Waals surface area contributed by atoms with Gasteiger partial charge < -0.3 is 14.5 Å². The molecule has 0 N–H and O–H groups in total. The number of nitrogens with zero attached hydrogens (tertiary/aromatic N) is 2. The molecule has 0 saturated heterocycles. The molecule has 158 valence electrons. The van der Waals surface area contributed by atoms with E-state index in [2.05, 4.69) is 0 Å². The van der Waals surface area contributed by atoms with Crippen molar-refractivity contribution in [3.8, 4) is 0 Å². The zero-order valence-corrected chi connectivity index (χ0v) is 18.3. The first-order chi connectivity index (χ1) is 13.8. The number of carbonyl (C=O) groups excluding carboxylic acids is 2. The Morgan fingerprint density at radius 3 is 2.31 bits per heavy atom. The lowest BCUT2D eigenvalue weighted by Gasteiger charge is -2.28. The van der Waals surface area contributed by atoms with Gasteiger partial charge in [-0.1, -0.05) is 26.0 Å². The summed E-state index contributed by atoms with van der Waals surface area (Å²) in [6, 6.07) is 8.16. The van der Waals surface area contributed by atoms with Gasteiger partial charge in [-0.3, -0.25) is 9.59 Å². The van der Waals surface area contributed by atoms with Crippen molar-refractivity contribution in [2.75, 3.05) is 26.8 Å². The molecule has 0 bridgehead atoms. The van der Waals surface area contributed by atoms with Crippen LogP contribution in [0.5, 0.6) is 0 Å². The highest BCUT2D eigenvalue weighted by molar-refractivity contribution is 7.10. The third-order valence-electron chi connectivity index (χ3n) is 4.47. The number of ether oxygens (including phenoxy) is 1. The van der Waals surface area contributed by atoms with Crippen molar-refractivity contribution in [3.05, 3.63) is 57.5 Å². The zero-order chi connectivity index (χ0) is 21.4. The zero-order valence-electron chi connectivity index (χ0n) is 17.5. The van der Waals surface area contributed by atoms with Gasteiger partial charge in [0.05, 0.1) is 13.1 Å². The van der Waals surface area contributed by atoms with Crippen LogP contribution < -0.4 is 0 Å². The van der Waals surface area contributed by atoms with Gasteiger partial charge in [-0.05, 0) is 47.5 Å². The van der Waals surface area contributed by atoms with E-state index in [0.717, 1.165) is 16.0 Å². The molecule has 0 aliphatic rings. The number of aryl methyl sites for hydroxylation is 1. The Morgan fingerprint density at radius 1 is 1.07 bits per heavy atom. The molecular formula is C22H29FN2O3S. The Balaban J connectivity index is 2.20. The van der Waals surface area contributed by atoms with Crippen LogP contribution in [0.2, 0.25) is 0 Å². The quantitative estimate of drug-likeness (QED) is 0.587. The molecule has 0 atom stereocenters. The summed E-state index contributed by atoms with van der Waals surface area (Å²) in [6.07, 6.45) is 0. The van der Waals surface area contributed by atoms with E-state index >= 15 is 0 Å². The van der Waals surface area contributed by atoms with Gasteiger partial charge in [0.25, 0.3) is 0 Å². The summed E-state index contributed by atoms with van der Waals surface area (Å²) in [5.74, 6) is -0.432. The van der Waals surface area contributed by atoms with Crippen molar-refractivity contribution >= 4 is 23.2 Å². The normalized spacial score (nSPS) is 11.0. The van der Waals surface area contributed by atoms with Gasteiger partial charge in [-0.2, -0.15) is 0 Å². The van der Waals surface area contributed by atoms with Crippen LogP contribution >= 0.6 is 11.3 Å². The molecule has 0 aliphatic heterocycles. The lowest BCUT2D eigenvalue weighted by Crippen LogP contribution is -2.45. The molecule has 2 aromatic rings. The van der Waals surface area contributed by atoms with Crippen molar-refractivity contribution in [2.24, 2.45) is 5.92 Å². The minimum absolute atomic E-state index is 0.00795. The molecule has 0 fully saturated rings. The van der Waals surface area contributed by atoms with Crippen molar-refractivity contribution in [2.45, 2.75) is 33.9 Å². The number of hydrogen-bond donors (Lipinski definition) is 0. The summed E-state index contributed by atoms with van der Waals surface area (Å²) < 4.78 is 18.2. The van der Waals surface area contributed by atoms with E-state index in [1.165, 1.54) is 19.2 Å². The van der Waals surface area contributed by atoms with Crippen molar-refractivity contribution in [1.82, 2.24) is 9.80 Å². The molecule has 2 amide bonds. The third kappa shape index (κ3) is 7.25. The Hall–Kier alpha value is -2.25. The summed E-state index contributed by atoms with van der Waals surface area (Å²) in [7, 11) is 1.47. The van der Waals surface area contributed by atoms with Crippen molar-refractivity contribution in [1.29, 1.82) is 0 Å². The highest BCUT2D eigenvalue weighted by Crippen LogP contribution is 2.20. The molecule has 1 heterocycles. The average Bonchev–Trinajstić information content (AvgIpc) is 3.06. The summed E-state index contributed by atoms with van der Waals surface area (Å²) in [5.41, 5.74) is 1.97. The van der Waals surface area contributed by atoms with E-state index in [-0.39, 0.29) is 36.7 Å². The molecule has 0 unspecified atom stereocenters. The first kappa shape index (κ1) is 23.0. The topological polar surface area (TPSA) is 49.9 Å². The fourth-order valence-electron chi connectivity index (χ4n) is 2.96. The maximum absolute atomic E-state index is 13.3. The van der Waals surface area contributed by atoms with Gasteiger partial charge in [0.2, 0.25) is 11.8 Å². The maximum atomic E-state index is 13.3. The standard InChI is InChI=1S/C22H29FN2O3S/c1-16(2)11-24(22(27)15-28-4)14-21(26)25(13-20-17(3)9-10-29-20)12-18-5-7-19(23)8-6-18/h5-10,16H,11-15H2,1-4H3. The number of thiophene rings is 1. The second-order valence-electron chi connectivity index (χ2n) is 7.50. The largest absolute Gasteiger partial charge is 0.375 e. The van der Waals surface area contributed by atoms with Gasteiger partial charge in [0.1, 0.15) is 12.4 Å². The van der Waals surface area contributed by atoms with E-state index in [9.17, 15) is 14.0 Å². The lowest BCUT2D eigenvalue weighted by molar-refractivity contribution is -0.143. The van der Waals surface area contributed by atoms with Crippen LogP contribution in [-0.2, 0) is 27.4 Å². The van der Waals surface area contributed by atoms with Crippen LogP contribution in [0.25, 0.3) is 0 Å². The van der Waals surface area contributed by atoms with Gasteiger partial charge in [0, 0.05) is 25.1 Å². The van der Waals surface area contributed by atoms with Crippen LogP contribution in [-0.4, -0.2) is 48.4 Å². The summed E-state index contributed by atoms with van der Waals surface area (Å²) in [6.45, 7) is 7.24. The van der Waals surface area contributed by atoms with Crippen LogP contribution in [0.4, 0.5) is 4.39 Å². The number of hydrogen-bond acceptors (Lipinski definition) is 4. The fraction of sp³-hybridized carbons (Fsp3) is 0.455. The molecule has 5 nitrogen and oxygen atoms in total. The molecule has 0 saturated carbocycles. The molecule has 0 aliphatic carbocycles. The summed E-state index contributed by atoms with van der Waals surface area (Å²) >= 11 is 1.60. The van der Waals surface area contributed by atoms with Crippen molar-refractivity contribution < 1.29 is 18.7 Å². The van der Waals surface area contributed by atoms with Crippen LogP contribution in [0.15, 0.2) is 35.7 Å². The highest BCUT2D eigenvalue weighted by atomic mass is 32.1. The molecule has 1 aromatic heterocycles. The monoisotopic (exact) mass is 420 g/mol. The number of amides is 2. The second kappa shape index (κ2) is 11.1. The Bertz CT molecular complexity index is 805. The average molecular weight is 421 g/mol. The Morgan fingerprint density at radius 2 is 1.76 bits per heavy atom. The Labute approximate surface area is 176 Å². The first-order valence-electron chi connectivity index (χ1n) is 9.62. The van der Waals surface area contributed by atoms with E-state index in [1.54, 1.807) is 33.3 Å². The first-order valence-corrected chi connectivity index (χ1v) is 10.5. The number of carbonyl (C=O) groups is 2. The number of halogens is 1. The molecule has 0 spiro atoms. The number of benzene rings is 1. The minimum Gasteiger partial charge on any atom is -0.375 e. The van der Waals surface area contributed by atoms with Gasteiger partial charge in [-0.15, -0.1) is 11.3 Å². The van der Waals surface area contributed by atoms with Crippen molar-refractivity contribution in [3.63, 3.8) is 0 Å². The second-order valence-corrected chi connectivity index (χ2v) is 8.50. The van der Waals surface area contributed by atoms with E-state index in [0.29, 0.717) is 19.6 Å². The predicted octanol–water partition coefficient (Wildman–Crippen LogP) is 3.86.